The molecule has 0 aliphatic rings. The van der Waals surface area contributed by atoms with Gasteiger partial charge in [-0.25, -0.2) is 0 Å². The van der Waals surface area contributed by atoms with Crippen LogP contribution in [0, 0.1) is 5.92 Å². The van der Waals surface area contributed by atoms with E-state index in [9.17, 15) is 43.5 Å². The summed E-state index contributed by atoms with van der Waals surface area (Å²) in [4.78, 5) is 103. The molecule has 0 fully saturated rings. The van der Waals surface area contributed by atoms with Crippen LogP contribution in [-0.4, -0.2) is 118 Å². The van der Waals surface area contributed by atoms with Crippen molar-refractivity contribution in [1.29, 1.82) is 0 Å². The molecule has 0 bridgehead atoms. The van der Waals surface area contributed by atoms with E-state index in [1.165, 1.54) is 30.8 Å². The number of nitrogens with one attached hydrogen (secondary N) is 6. The van der Waals surface area contributed by atoms with E-state index in [2.05, 4.69) is 44.5 Å². The molecule has 18 nitrogen and oxygen atoms in total. The Hall–Kier alpha value is -5.34. The first kappa shape index (κ1) is 49.8. The van der Waals surface area contributed by atoms with E-state index in [-0.39, 0.29) is 43.1 Å². The summed E-state index contributed by atoms with van der Waals surface area (Å²) in [5.41, 5.74) is 12.7. The molecule has 0 unspecified atom stereocenters. The topological polar surface area (TPSA) is 301 Å². The second-order valence-corrected chi connectivity index (χ2v) is 15.6. The summed E-state index contributed by atoms with van der Waals surface area (Å²) >= 11 is 5.64. The van der Waals surface area contributed by atoms with Crippen LogP contribution in [0.2, 0.25) is 0 Å². The van der Waals surface area contributed by atoms with Crippen LogP contribution in [-0.2, 0) is 51.2 Å². The lowest BCUT2D eigenvalue weighted by Gasteiger charge is -2.27. The molecule has 2 aromatic rings. The highest BCUT2D eigenvalue weighted by atomic mass is 32.2. The fourth-order valence-electron chi connectivity index (χ4n) is 5.61. The van der Waals surface area contributed by atoms with Crippen molar-refractivity contribution in [3.05, 3.63) is 65.7 Å². The van der Waals surface area contributed by atoms with E-state index in [4.69, 9.17) is 16.6 Å². The number of thiol groups is 1. The number of aromatic hydroxyl groups is 1. The first-order valence-corrected chi connectivity index (χ1v) is 20.9. The highest BCUT2D eigenvalue weighted by Gasteiger charge is 2.33. The Labute approximate surface area is 352 Å². The van der Waals surface area contributed by atoms with Gasteiger partial charge in [0, 0.05) is 12.2 Å². The van der Waals surface area contributed by atoms with Crippen LogP contribution in [0.3, 0.4) is 0 Å². The van der Waals surface area contributed by atoms with Crippen LogP contribution in [0.4, 0.5) is 0 Å². The summed E-state index contributed by atoms with van der Waals surface area (Å²) in [6.45, 7) is 5.02. The number of phenolic OH excluding ortho intramolecular Hbond substituents is 1. The molecule has 20 heteroatoms. The molecule has 2 rings (SSSR count). The number of primary amides is 1. The molecule has 12 N–H and O–H groups in total. The summed E-state index contributed by atoms with van der Waals surface area (Å²) in [6.07, 6.45) is 1.34. The standard InChI is InChI=1S/C39H56N8O10S2/c1-21(2)16-29(37(55)43-27(14-15-59-4)36(54)44-28(33(41)51)19-32(49)50)46-39(57)31(20-58)47-38(56)30(18-23-8-6-5-7-9-23)45-34(52)22(3)42-35(53)26(40)17-24-10-12-25(48)13-11-24/h5-13,21-22,26-31,48,58H,14-20,40H2,1-4H3,(H2,41,51)(H,42,53)(H,43,55)(H,44,54)(H,45,52)(H,46,57)(H,47,56)(H,49,50)/t22-,26+,27+,28+,29+,30+,31+/m1/s1. The molecule has 0 radical (unpaired) electrons. The zero-order valence-corrected chi connectivity index (χ0v) is 35.1. The van der Waals surface area contributed by atoms with Crippen molar-refractivity contribution in [3.8, 4) is 5.75 Å². The van der Waals surface area contributed by atoms with E-state index in [0.717, 1.165) is 0 Å². The van der Waals surface area contributed by atoms with Gasteiger partial charge in [-0.1, -0.05) is 56.3 Å². The van der Waals surface area contributed by atoms with E-state index in [1.54, 1.807) is 62.6 Å². The van der Waals surface area contributed by atoms with Crippen molar-refractivity contribution in [2.45, 2.75) is 95.2 Å². The number of carboxylic acids is 1. The average molecular weight is 861 g/mol. The molecule has 0 aromatic heterocycles. The molecule has 0 saturated heterocycles. The summed E-state index contributed by atoms with van der Waals surface area (Å²) in [5.74, 6) is -6.84. The van der Waals surface area contributed by atoms with Crippen LogP contribution in [0.5, 0.6) is 5.75 Å². The number of rotatable bonds is 25. The third-order valence-corrected chi connectivity index (χ3v) is 9.84. The quantitative estimate of drug-likeness (QED) is 0.0543. The van der Waals surface area contributed by atoms with Crippen molar-refractivity contribution in [3.63, 3.8) is 0 Å². The zero-order chi connectivity index (χ0) is 44.2. The fourth-order valence-corrected chi connectivity index (χ4v) is 6.34. The van der Waals surface area contributed by atoms with E-state index in [0.29, 0.717) is 16.9 Å². The smallest absolute Gasteiger partial charge is 0.305 e. The van der Waals surface area contributed by atoms with E-state index < -0.39 is 96.0 Å². The third-order valence-electron chi connectivity index (χ3n) is 8.83. The molecule has 0 heterocycles. The maximum Gasteiger partial charge on any atom is 0.305 e. The molecule has 324 valence electrons. The maximum atomic E-state index is 13.8. The van der Waals surface area contributed by atoms with Crippen LogP contribution in [0.1, 0.15) is 51.2 Å². The Morgan fingerprint density at radius 3 is 1.73 bits per heavy atom. The number of nitrogens with two attached hydrogens (primary N) is 2. The minimum atomic E-state index is -1.53. The van der Waals surface area contributed by atoms with Gasteiger partial charge in [-0.15, -0.1) is 0 Å². The first-order chi connectivity index (χ1) is 27.8. The zero-order valence-electron chi connectivity index (χ0n) is 33.4. The molecular formula is C39H56N8O10S2. The van der Waals surface area contributed by atoms with Gasteiger partial charge >= 0.3 is 5.97 Å². The van der Waals surface area contributed by atoms with Crippen molar-refractivity contribution in [2.24, 2.45) is 17.4 Å². The largest absolute Gasteiger partial charge is 0.508 e. The minimum absolute atomic E-state index is 0.00130. The van der Waals surface area contributed by atoms with Gasteiger partial charge in [-0.3, -0.25) is 38.4 Å². The van der Waals surface area contributed by atoms with E-state index >= 15 is 0 Å². The minimum Gasteiger partial charge on any atom is -0.508 e. The van der Waals surface area contributed by atoms with Gasteiger partial charge in [-0.05, 0) is 67.4 Å². The number of phenols is 1. The lowest BCUT2D eigenvalue weighted by Crippen LogP contribution is -2.60. The Morgan fingerprint density at radius 1 is 0.661 bits per heavy atom. The molecular weight excluding hydrogens is 805 g/mol. The average Bonchev–Trinajstić information content (AvgIpc) is 3.18. The van der Waals surface area contributed by atoms with Crippen molar-refractivity contribution < 1.29 is 48.6 Å². The molecule has 7 amide bonds. The summed E-state index contributed by atoms with van der Waals surface area (Å²) in [6, 6.07) is 6.25. The van der Waals surface area contributed by atoms with Gasteiger partial charge in [0.05, 0.1) is 12.5 Å². The molecule has 0 saturated carbocycles. The van der Waals surface area contributed by atoms with Gasteiger partial charge in [0.2, 0.25) is 41.4 Å². The number of hydrogen-bond acceptors (Lipinski definition) is 12. The van der Waals surface area contributed by atoms with Gasteiger partial charge in [0.1, 0.15) is 42.0 Å². The number of carbonyl (C=O) groups is 8. The van der Waals surface area contributed by atoms with Gasteiger partial charge in [0.15, 0.2) is 0 Å². The second-order valence-electron chi connectivity index (χ2n) is 14.3. The number of thioether (sulfide) groups is 1. The maximum absolute atomic E-state index is 13.8. The van der Waals surface area contributed by atoms with Crippen molar-refractivity contribution >= 4 is 71.7 Å². The molecule has 2 aromatic carbocycles. The number of aliphatic carboxylic acids is 1. The molecule has 0 aliphatic heterocycles. The molecule has 59 heavy (non-hydrogen) atoms. The van der Waals surface area contributed by atoms with E-state index in [1.807, 2.05) is 0 Å². The summed E-state index contributed by atoms with van der Waals surface area (Å²) in [7, 11) is 0. The molecule has 0 aliphatic carbocycles. The van der Waals surface area contributed by atoms with Crippen LogP contribution < -0.4 is 43.4 Å². The highest BCUT2D eigenvalue weighted by Crippen LogP contribution is 2.12. The molecule has 7 atom stereocenters. The lowest BCUT2D eigenvalue weighted by atomic mass is 10.0. The summed E-state index contributed by atoms with van der Waals surface area (Å²) < 4.78 is 0. The SMILES string of the molecule is CSCC[C@H](NC(=O)[C@H](CC(C)C)NC(=O)[C@H](CS)NC(=O)[C@H](Cc1ccccc1)NC(=O)[C@@H](C)NC(=O)[C@@H](N)Cc1ccc(O)cc1)C(=O)N[C@@H](CC(=O)O)C(N)=O. The molecule has 0 spiro atoms. The fraction of sp³-hybridized carbons (Fsp3) is 0.487. The van der Waals surface area contributed by atoms with Gasteiger partial charge in [-0.2, -0.15) is 24.4 Å². The number of carboxylic acid groups (broad SMARTS) is 1. The van der Waals surface area contributed by atoms with Crippen LogP contribution >= 0.6 is 24.4 Å². The monoisotopic (exact) mass is 860 g/mol. The second kappa shape index (κ2) is 25.2. The van der Waals surface area contributed by atoms with Crippen LogP contribution in [0.15, 0.2) is 54.6 Å². The predicted molar refractivity (Wildman–Crippen MR) is 225 cm³/mol. The van der Waals surface area contributed by atoms with Crippen LogP contribution in [0.25, 0.3) is 0 Å². The lowest BCUT2D eigenvalue weighted by molar-refractivity contribution is -0.140. The first-order valence-electron chi connectivity index (χ1n) is 18.9. The normalized spacial score (nSPS) is 14.6. The Morgan fingerprint density at radius 2 is 1.17 bits per heavy atom. The van der Waals surface area contributed by atoms with Crippen molar-refractivity contribution in [2.75, 3.05) is 17.8 Å². The Balaban J connectivity index is 2.21. The number of benzene rings is 2. The third kappa shape index (κ3) is 18.0. The number of amides is 7. The number of hydrogen-bond donors (Lipinski definition) is 11. The summed E-state index contributed by atoms with van der Waals surface area (Å²) in [5, 5.41) is 33.9. The number of carbonyl (C=O) groups excluding carboxylic acids is 7. The predicted octanol–water partition coefficient (Wildman–Crippen LogP) is -0.878. The Kier molecular flexibility index (Phi) is 21.3. The van der Waals surface area contributed by atoms with Crippen molar-refractivity contribution in [1.82, 2.24) is 31.9 Å². The highest BCUT2D eigenvalue weighted by molar-refractivity contribution is 7.98. The van der Waals surface area contributed by atoms with Gasteiger partial charge in [0.25, 0.3) is 0 Å². The van der Waals surface area contributed by atoms with Gasteiger partial charge < -0.3 is 53.6 Å². The Bertz CT molecular complexity index is 1750.